The molecule has 0 saturated carbocycles. The molecule has 0 radical (unpaired) electrons. The maximum absolute atomic E-state index is 12.9. The van der Waals surface area contributed by atoms with E-state index in [2.05, 4.69) is 20.6 Å². The Balaban J connectivity index is 1.82. The molecule has 3 rings (SSSR count). The van der Waals surface area contributed by atoms with E-state index < -0.39 is 5.91 Å². The molecule has 2 N–H and O–H groups in total. The van der Waals surface area contributed by atoms with Crippen LogP contribution < -0.4 is 5.43 Å². The second-order valence-corrected chi connectivity index (χ2v) is 6.25. The van der Waals surface area contributed by atoms with Crippen molar-refractivity contribution in [3.8, 4) is 0 Å². The van der Waals surface area contributed by atoms with Gasteiger partial charge in [-0.25, -0.2) is 9.99 Å². The van der Waals surface area contributed by atoms with Crippen LogP contribution in [0.2, 0.25) is 0 Å². The molecular formula is C18H22N6O2. The van der Waals surface area contributed by atoms with Crippen LogP contribution in [0.25, 0.3) is 11.0 Å². The summed E-state index contributed by atoms with van der Waals surface area (Å²) in [4.78, 5) is 29.6. The van der Waals surface area contributed by atoms with Crippen molar-refractivity contribution in [3.05, 3.63) is 47.5 Å². The van der Waals surface area contributed by atoms with E-state index in [9.17, 15) is 9.59 Å². The Bertz CT molecular complexity index is 942. The van der Waals surface area contributed by atoms with Crippen molar-refractivity contribution in [2.45, 2.75) is 26.7 Å². The molecule has 0 aliphatic heterocycles. The second-order valence-electron chi connectivity index (χ2n) is 6.25. The number of aromatic amines is 1. The predicted octanol–water partition coefficient (Wildman–Crippen LogP) is 2.19. The molecule has 2 heterocycles. The number of hydrogen-bond acceptors (Lipinski definition) is 4. The van der Waals surface area contributed by atoms with Gasteiger partial charge in [-0.15, -0.1) is 0 Å². The average Bonchev–Trinajstić information content (AvgIpc) is 3.23. The van der Waals surface area contributed by atoms with E-state index in [0.29, 0.717) is 12.1 Å². The van der Waals surface area contributed by atoms with Gasteiger partial charge in [-0.2, -0.15) is 5.10 Å². The van der Waals surface area contributed by atoms with Gasteiger partial charge in [0, 0.05) is 24.8 Å². The van der Waals surface area contributed by atoms with Gasteiger partial charge in [-0.05, 0) is 37.6 Å². The minimum Gasteiger partial charge on any atom is -0.334 e. The molecule has 0 unspecified atom stereocenters. The van der Waals surface area contributed by atoms with Crippen LogP contribution in [-0.2, 0) is 7.05 Å². The smallest absolute Gasteiger partial charge is 0.290 e. The topological polar surface area (TPSA) is 95.9 Å². The van der Waals surface area contributed by atoms with Gasteiger partial charge in [0.05, 0.1) is 17.4 Å². The summed E-state index contributed by atoms with van der Waals surface area (Å²) in [6, 6.07) is 6.97. The summed E-state index contributed by atoms with van der Waals surface area (Å²) >= 11 is 0. The summed E-state index contributed by atoms with van der Waals surface area (Å²) in [5.74, 6) is -0.690. The number of aryl methyl sites for hydroxylation is 2. The van der Waals surface area contributed by atoms with Crippen LogP contribution in [0.3, 0.4) is 0 Å². The van der Waals surface area contributed by atoms with Crippen molar-refractivity contribution in [2.24, 2.45) is 7.05 Å². The normalized spacial score (nSPS) is 10.9. The number of carbonyl (C=O) groups excluding carboxylic acids is 2. The van der Waals surface area contributed by atoms with E-state index in [4.69, 9.17) is 0 Å². The summed E-state index contributed by atoms with van der Waals surface area (Å²) in [6.07, 6.45) is 3.38. The summed E-state index contributed by atoms with van der Waals surface area (Å²) in [5.41, 5.74) is 5.86. The Labute approximate surface area is 151 Å². The monoisotopic (exact) mass is 354 g/mol. The lowest BCUT2D eigenvalue weighted by molar-refractivity contribution is 0.0578. The first-order valence-electron chi connectivity index (χ1n) is 8.55. The summed E-state index contributed by atoms with van der Waals surface area (Å²) in [5, 5.41) is 8.01. The van der Waals surface area contributed by atoms with Crippen LogP contribution >= 0.6 is 0 Å². The predicted molar refractivity (Wildman–Crippen MR) is 97.4 cm³/mol. The fraction of sp³-hybridized carbons (Fsp3) is 0.333. The van der Waals surface area contributed by atoms with Crippen LogP contribution in [0.4, 0.5) is 0 Å². The number of carbonyl (C=O) groups is 2. The van der Waals surface area contributed by atoms with Gasteiger partial charge < -0.3 is 4.57 Å². The van der Waals surface area contributed by atoms with Crippen LogP contribution in [0, 0.1) is 6.92 Å². The van der Waals surface area contributed by atoms with E-state index in [-0.39, 0.29) is 11.6 Å². The third kappa shape index (κ3) is 3.58. The number of nitrogens with zero attached hydrogens (tertiary/aromatic N) is 4. The number of fused-ring (bicyclic) bond motifs is 1. The molecular weight excluding hydrogens is 332 g/mol. The first kappa shape index (κ1) is 17.7. The highest BCUT2D eigenvalue weighted by molar-refractivity contribution is 6.00. The molecule has 0 spiro atoms. The highest BCUT2D eigenvalue weighted by Gasteiger charge is 2.20. The Kier molecular flexibility index (Phi) is 5.01. The molecule has 2 aromatic heterocycles. The quantitative estimate of drug-likeness (QED) is 0.687. The highest BCUT2D eigenvalue weighted by atomic mass is 16.2. The van der Waals surface area contributed by atoms with Gasteiger partial charge in [-0.3, -0.25) is 20.1 Å². The van der Waals surface area contributed by atoms with E-state index >= 15 is 0 Å². The summed E-state index contributed by atoms with van der Waals surface area (Å²) in [7, 11) is 1.90. The standard InChI is InChI=1S/C18H22N6O2/c1-4-5-8-24(22-17(25)15-9-12(2)20-21-15)18(26)13-6-7-16-14(10-13)19-11-23(16)3/h6-7,9-11H,4-5,8H2,1-3H3,(H,20,21)(H,22,25). The largest absolute Gasteiger partial charge is 0.334 e. The molecule has 0 saturated heterocycles. The van der Waals surface area contributed by atoms with Gasteiger partial charge in [0.2, 0.25) is 0 Å². The Morgan fingerprint density at radius 3 is 2.81 bits per heavy atom. The lowest BCUT2D eigenvalue weighted by Crippen LogP contribution is -2.46. The SMILES string of the molecule is CCCCN(NC(=O)c1cc(C)[nH]n1)C(=O)c1ccc2c(c1)ncn2C. The molecule has 26 heavy (non-hydrogen) atoms. The van der Waals surface area contributed by atoms with Gasteiger partial charge >= 0.3 is 0 Å². The van der Waals surface area contributed by atoms with Crippen molar-refractivity contribution in [1.82, 2.24) is 30.2 Å². The Morgan fingerprint density at radius 2 is 2.12 bits per heavy atom. The van der Waals surface area contributed by atoms with Crippen LogP contribution in [0.15, 0.2) is 30.6 Å². The number of imidazole rings is 1. The number of rotatable bonds is 5. The molecule has 136 valence electrons. The Hall–Kier alpha value is -3.16. The minimum absolute atomic E-state index is 0.247. The van der Waals surface area contributed by atoms with E-state index in [1.807, 2.05) is 31.5 Å². The molecule has 8 heteroatoms. The molecule has 0 fully saturated rings. The zero-order valence-electron chi connectivity index (χ0n) is 15.1. The summed E-state index contributed by atoms with van der Waals surface area (Å²) < 4.78 is 1.89. The second kappa shape index (κ2) is 7.38. The number of benzene rings is 1. The first-order chi connectivity index (χ1) is 12.5. The molecule has 0 aliphatic carbocycles. The minimum atomic E-state index is -0.419. The van der Waals surface area contributed by atoms with Gasteiger partial charge in [0.25, 0.3) is 11.8 Å². The van der Waals surface area contributed by atoms with Crippen LogP contribution in [-0.4, -0.2) is 43.1 Å². The molecule has 0 atom stereocenters. The maximum atomic E-state index is 12.9. The number of hydrogen-bond donors (Lipinski definition) is 2. The van der Waals surface area contributed by atoms with E-state index in [1.54, 1.807) is 24.5 Å². The van der Waals surface area contributed by atoms with Crippen molar-refractivity contribution >= 4 is 22.8 Å². The van der Waals surface area contributed by atoms with Crippen LogP contribution in [0.5, 0.6) is 0 Å². The first-order valence-corrected chi connectivity index (χ1v) is 8.55. The van der Waals surface area contributed by atoms with Crippen molar-refractivity contribution < 1.29 is 9.59 Å². The van der Waals surface area contributed by atoms with Crippen molar-refractivity contribution in [3.63, 3.8) is 0 Å². The number of H-pyrrole nitrogens is 1. The third-order valence-corrected chi connectivity index (χ3v) is 4.13. The van der Waals surface area contributed by atoms with Crippen LogP contribution in [0.1, 0.15) is 46.3 Å². The maximum Gasteiger partial charge on any atom is 0.290 e. The lowest BCUT2D eigenvalue weighted by Gasteiger charge is -2.23. The highest BCUT2D eigenvalue weighted by Crippen LogP contribution is 2.15. The zero-order valence-corrected chi connectivity index (χ0v) is 15.1. The lowest BCUT2D eigenvalue weighted by atomic mass is 10.1. The fourth-order valence-electron chi connectivity index (χ4n) is 2.66. The number of amides is 2. The molecule has 2 amide bonds. The van der Waals surface area contributed by atoms with Crippen molar-refractivity contribution in [2.75, 3.05) is 6.54 Å². The van der Waals surface area contributed by atoms with Crippen molar-refractivity contribution in [1.29, 1.82) is 0 Å². The molecule has 3 aromatic rings. The van der Waals surface area contributed by atoms with E-state index in [0.717, 1.165) is 29.6 Å². The molecule has 0 aliphatic rings. The number of aromatic nitrogens is 4. The molecule has 8 nitrogen and oxygen atoms in total. The Morgan fingerprint density at radius 1 is 1.31 bits per heavy atom. The van der Waals surface area contributed by atoms with E-state index in [1.165, 1.54) is 5.01 Å². The summed E-state index contributed by atoms with van der Waals surface area (Å²) in [6.45, 7) is 4.26. The zero-order chi connectivity index (χ0) is 18.7. The number of unbranched alkanes of at least 4 members (excludes halogenated alkanes) is 1. The van der Waals surface area contributed by atoms with Gasteiger partial charge in [0.1, 0.15) is 0 Å². The average molecular weight is 354 g/mol. The van der Waals surface area contributed by atoms with Gasteiger partial charge in [-0.1, -0.05) is 13.3 Å². The number of nitrogens with one attached hydrogen (secondary N) is 2. The third-order valence-electron chi connectivity index (χ3n) is 4.13. The molecule has 1 aromatic carbocycles. The fourth-order valence-corrected chi connectivity index (χ4v) is 2.66. The number of hydrazine groups is 1. The van der Waals surface area contributed by atoms with Gasteiger partial charge in [0.15, 0.2) is 5.69 Å². The molecule has 0 bridgehead atoms.